The SMILES string of the molecule is c1ccc(-c2ccc(-c3ccc(N(c4ccc(-c5ccccc5)cc4)c4ccc(-c5ccc6ccccc6c5)cc4)cc3)cc2)cc1. The van der Waals surface area contributed by atoms with Crippen molar-refractivity contribution in [1.29, 1.82) is 0 Å². The highest BCUT2D eigenvalue weighted by molar-refractivity contribution is 5.88. The zero-order valence-corrected chi connectivity index (χ0v) is 26.0. The molecule has 8 rings (SSSR count). The van der Waals surface area contributed by atoms with Crippen molar-refractivity contribution in [3.63, 3.8) is 0 Å². The number of rotatable bonds is 7. The third kappa shape index (κ3) is 5.95. The van der Waals surface area contributed by atoms with Crippen molar-refractivity contribution >= 4 is 27.8 Å². The molecule has 0 aliphatic heterocycles. The summed E-state index contributed by atoms with van der Waals surface area (Å²) >= 11 is 0. The molecule has 0 N–H and O–H groups in total. The van der Waals surface area contributed by atoms with Crippen LogP contribution in [0.5, 0.6) is 0 Å². The molecular weight excluding hydrogens is 567 g/mol. The molecule has 1 nitrogen and oxygen atoms in total. The van der Waals surface area contributed by atoms with Crippen molar-refractivity contribution in [2.24, 2.45) is 0 Å². The Hall–Kier alpha value is -6.18. The standard InChI is InChI=1S/C46H33N/c1-3-9-34(10-4-1)37-15-17-38(18-16-37)40-23-29-45(30-24-40)47(44-27-21-39(22-28-44)35-11-5-2-6-12-35)46-31-25-41(26-32-46)43-20-19-36-13-7-8-14-42(36)33-43/h1-33H. The number of benzene rings is 8. The topological polar surface area (TPSA) is 3.24 Å². The van der Waals surface area contributed by atoms with Gasteiger partial charge in [-0.15, -0.1) is 0 Å². The van der Waals surface area contributed by atoms with Crippen LogP contribution in [0.25, 0.3) is 55.3 Å². The zero-order valence-electron chi connectivity index (χ0n) is 26.0. The Kier molecular flexibility index (Phi) is 7.63. The molecule has 0 saturated heterocycles. The fourth-order valence-electron chi connectivity index (χ4n) is 6.34. The summed E-state index contributed by atoms with van der Waals surface area (Å²) in [7, 11) is 0. The third-order valence-electron chi connectivity index (χ3n) is 8.89. The van der Waals surface area contributed by atoms with Crippen molar-refractivity contribution in [3.8, 4) is 44.5 Å². The fourth-order valence-corrected chi connectivity index (χ4v) is 6.34. The van der Waals surface area contributed by atoms with E-state index in [0.717, 1.165) is 17.1 Å². The quantitative estimate of drug-likeness (QED) is 0.176. The zero-order chi connectivity index (χ0) is 31.4. The molecule has 0 radical (unpaired) electrons. The van der Waals surface area contributed by atoms with Crippen LogP contribution in [0, 0.1) is 0 Å². The van der Waals surface area contributed by atoms with Gasteiger partial charge in [-0.2, -0.15) is 0 Å². The van der Waals surface area contributed by atoms with Crippen LogP contribution in [0.1, 0.15) is 0 Å². The van der Waals surface area contributed by atoms with Gasteiger partial charge >= 0.3 is 0 Å². The summed E-state index contributed by atoms with van der Waals surface area (Å²) in [6.45, 7) is 0. The monoisotopic (exact) mass is 599 g/mol. The van der Waals surface area contributed by atoms with Crippen molar-refractivity contribution < 1.29 is 0 Å². The fraction of sp³-hybridized carbons (Fsp3) is 0. The van der Waals surface area contributed by atoms with Gasteiger partial charge in [-0.05, 0) is 97.7 Å². The number of fused-ring (bicyclic) bond motifs is 1. The minimum atomic E-state index is 1.11. The molecule has 0 heterocycles. The first-order valence-corrected chi connectivity index (χ1v) is 16.1. The minimum absolute atomic E-state index is 1.11. The van der Waals surface area contributed by atoms with Gasteiger partial charge in [0.25, 0.3) is 0 Å². The molecule has 47 heavy (non-hydrogen) atoms. The predicted molar refractivity (Wildman–Crippen MR) is 200 cm³/mol. The van der Waals surface area contributed by atoms with E-state index < -0.39 is 0 Å². The van der Waals surface area contributed by atoms with Crippen molar-refractivity contribution in [2.45, 2.75) is 0 Å². The molecule has 0 aliphatic rings. The van der Waals surface area contributed by atoms with Crippen LogP contribution in [0.2, 0.25) is 0 Å². The highest BCUT2D eigenvalue weighted by atomic mass is 15.1. The van der Waals surface area contributed by atoms with Crippen LogP contribution in [0.4, 0.5) is 17.1 Å². The average molecular weight is 600 g/mol. The molecule has 8 aromatic carbocycles. The maximum absolute atomic E-state index is 2.33. The lowest BCUT2D eigenvalue weighted by molar-refractivity contribution is 1.28. The lowest BCUT2D eigenvalue weighted by atomic mass is 9.99. The number of hydrogen-bond donors (Lipinski definition) is 0. The van der Waals surface area contributed by atoms with Crippen molar-refractivity contribution in [2.75, 3.05) is 4.90 Å². The molecule has 0 saturated carbocycles. The van der Waals surface area contributed by atoms with Crippen LogP contribution in [0.3, 0.4) is 0 Å². The summed E-state index contributed by atoms with van der Waals surface area (Å²) in [4.78, 5) is 2.33. The molecule has 222 valence electrons. The molecule has 0 aromatic heterocycles. The van der Waals surface area contributed by atoms with Crippen LogP contribution >= 0.6 is 0 Å². The van der Waals surface area contributed by atoms with Crippen LogP contribution in [-0.2, 0) is 0 Å². The summed E-state index contributed by atoms with van der Waals surface area (Å²) in [6, 6.07) is 71.8. The normalized spacial score (nSPS) is 11.0. The summed E-state index contributed by atoms with van der Waals surface area (Å²) in [5.74, 6) is 0. The van der Waals surface area contributed by atoms with Gasteiger partial charge in [0.1, 0.15) is 0 Å². The Balaban J connectivity index is 1.13. The predicted octanol–water partition coefficient (Wildman–Crippen LogP) is 13.0. The van der Waals surface area contributed by atoms with Crippen LogP contribution < -0.4 is 4.90 Å². The molecule has 0 unspecified atom stereocenters. The van der Waals surface area contributed by atoms with E-state index in [4.69, 9.17) is 0 Å². The second-order valence-electron chi connectivity index (χ2n) is 11.8. The van der Waals surface area contributed by atoms with Crippen molar-refractivity contribution in [3.05, 3.63) is 200 Å². The Morgan fingerprint density at radius 3 is 0.936 bits per heavy atom. The molecule has 0 bridgehead atoms. The first kappa shape index (κ1) is 28.3. The van der Waals surface area contributed by atoms with Gasteiger partial charge in [-0.25, -0.2) is 0 Å². The van der Waals surface area contributed by atoms with Gasteiger partial charge in [0.2, 0.25) is 0 Å². The molecule has 0 spiro atoms. The first-order chi connectivity index (χ1) is 23.3. The number of nitrogens with zero attached hydrogens (tertiary/aromatic N) is 1. The van der Waals surface area contributed by atoms with Gasteiger partial charge in [-0.1, -0.05) is 158 Å². The van der Waals surface area contributed by atoms with E-state index in [0.29, 0.717) is 0 Å². The van der Waals surface area contributed by atoms with Gasteiger partial charge < -0.3 is 4.90 Å². The summed E-state index contributed by atoms with van der Waals surface area (Å²) in [5.41, 5.74) is 13.0. The Morgan fingerprint density at radius 2 is 0.511 bits per heavy atom. The van der Waals surface area contributed by atoms with E-state index in [1.807, 2.05) is 0 Å². The van der Waals surface area contributed by atoms with E-state index in [9.17, 15) is 0 Å². The lowest BCUT2D eigenvalue weighted by Crippen LogP contribution is -2.09. The van der Waals surface area contributed by atoms with E-state index >= 15 is 0 Å². The summed E-state index contributed by atoms with van der Waals surface area (Å²) in [5, 5.41) is 2.51. The van der Waals surface area contributed by atoms with E-state index in [2.05, 4.69) is 205 Å². The maximum Gasteiger partial charge on any atom is 0.0462 e. The van der Waals surface area contributed by atoms with Gasteiger partial charge in [0, 0.05) is 17.1 Å². The van der Waals surface area contributed by atoms with Gasteiger partial charge in [0.05, 0.1) is 0 Å². The maximum atomic E-state index is 2.33. The molecule has 1 heteroatoms. The Bertz CT molecular complexity index is 2230. The Morgan fingerprint density at radius 1 is 0.213 bits per heavy atom. The van der Waals surface area contributed by atoms with Gasteiger partial charge in [0.15, 0.2) is 0 Å². The lowest BCUT2D eigenvalue weighted by Gasteiger charge is -2.26. The molecule has 0 fully saturated rings. The molecular formula is C46H33N. The highest BCUT2D eigenvalue weighted by Gasteiger charge is 2.14. The first-order valence-electron chi connectivity index (χ1n) is 16.1. The highest BCUT2D eigenvalue weighted by Crippen LogP contribution is 2.38. The third-order valence-corrected chi connectivity index (χ3v) is 8.89. The molecule has 0 amide bonds. The second-order valence-corrected chi connectivity index (χ2v) is 11.8. The largest absolute Gasteiger partial charge is 0.311 e. The smallest absolute Gasteiger partial charge is 0.0462 e. The summed E-state index contributed by atoms with van der Waals surface area (Å²) < 4.78 is 0. The minimum Gasteiger partial charge on any atom is -0.311 e. The van der Waals surface area contributed by atoms with Crippen LogP contribution in [0.15, 0.2) is 200 Å². The molecule has 0 atom stereocenters. The van der Waals surface area contributed by atoms with E-state index in [1.165, 1.54) is 55.3 Å². The van der Waals surface area contributed by atoms with E-state index in [-0.39, 0.29) is 0 Å². The van der Waals surface area contributed by atoms with Gasteiger partial charge in [-0.3, -0.25) is 0 Å². The Labute approximate surface area is 276 Å². The average Bonchev–Trinajstić information content (AvgIpc) is 3.16. The van der Waals surface area contributed by atoms with E-state index in [1.54, 1.807) is 0 Å². The number of anilines is 3. The van der Waals surface area contributed by atoms with Crippen molar-refractivity contribution in [1.82, 2.24) is 0 Å². The number of hydrogen-bond acceptors (Lipinski definition) is 1. The molecule has 0 aliphatic carbocycles. The molecule has 8 aromatic rings. The second kappa shape index (κ2) is 12.7. The summed E-state index contributed by atoms with van der Waals surface area (Å²) in [6.07, 6.45) is 0. The van der Waals surface area contributed by atoms with Crippen LogP contribution in [-0.4, -0.2) is 0 Å².